The van der Waals surface area contributed by atoms with E-state index in [1.165, 1.54) is 31.5 Å². The van der Waals surface area contributed by atoms with Crippen LogP contribution in [-0.2, 0) is 6.42 Å². The van der Waals surface area contributed by atoms with E-state index in [0.29, 0.717) is 6.42 Å². The number of rotatable bonds is 8. The third kappa shape index (κ3) is 5.01. The second kappa shape index (κ2) is 9.63. The fraction of sp³-hybridized carbons (Fsp3) is 0.333. The first-order chi connectivity index (χ1) is 16.2. The Hall–Kier alpha value is -3.38. The van der Waals surface area contributed by atoms with Crippen LogP contribution in [0.3, 0.4) is 0 Å². The highest BCUT2D eigenvalue weighted by Gasteiger charge is 2.12. The van der Waals surface area contributed by atoms with Crippen LogP contribution in [0.1, 0.15) is 24.2 Å². The highest BCUT2D eigenvalue weighted by Crippen LogP contribution is 2.25. The van der Waals surface area contributed by atoms with E-state index in [9.17, 15) is 0 Å². The highest BCUT2D eigenvalue weighted by atomic mass is 16.5. The Morgan fingerprint density at radius 1 is 0.939 bits per heavy atom. The molecule has 0 N–H and O–H groups in total. The van der Waals surface area contributed by atoms with Crippen molar-refractivity contribution in [3.05, 3.63) is 78.1 Å². The number of pyridine rings is 1. The number of fused-ring (bicyclic) bond motifs is 1. The molecule has 6 nitrogen and oxygen atoms in total. The zero-order valence-corrected chi connectivity index (χ0v) is 19.4. The first kappa shape index (κ1) is 21.5. The lowest BCUT2D eigenvalue weighted by molar-refractivity contribution is 0.238. The van der Waals surface area contributed by atoms with Crippen molar-refractivity contribution >= 4 is 11.3 Å². The molecule has 1 aliphatic heterocycles. The van der Waals surface area contributed by atoms with Crippen LogP contribution in [0.2, 0.25) is 0 Å². The average Bonchev–Trinajstić information content (AvgIpc) is 3.49. The van der Waals surface area contributed by atoms with Crippen LogP contribution in [0, 0.1) is 0 Å². The summed E-state index contributed by atoms with van der Waals surface area (Å²) >= 11 is 0. The van der Waals surface area contributed by atoms with Crippen molar-refractivity contribution in [2.45, 2.75) is 19.3 Å². The molecule has 1 fully saturated rings. The van der Waals surface area contributed by atoms with Gasteiger partial charge in [0.2, 0.25) is 0 Å². The second-order valence-electron chi connectivity index (χ2n) is 8.87. The normalized spacial score (nSPS) is 14.1. The standard InChI is InChI=1S/C27H31N5O/c1-30(2)23-8-5-7-22(20-23)25-9-6-10-27-28-26(29-32(25)27)19-21-11-13-24(14-12-21)33-18-17-31-15-3-4-16-31/h5-14,20H,3-4,15-19H2,1-2H3. The molecule has 4 aromatic rings. The number of ether oxygens (including phenoxy) is 1. The van der Waals surface area contributed by atoms with Crippen molar-refractivity contribution in [3.63, 3.8) is 0 Å². The molecule has 0 saturated carbocycles. The number of likely N-dealkylation sites (tertiary alicyclic amines) is 1. The molecule has 33 heavy (non-hydrogen) atoms. The SMILES string of the molecule is CN(C)c1cccc(-c2cccc3nc(Cc4ccc(OCCN5CCCC5)cc4)nn23)c1. The third-order valence-electron chi connectivity index (χ3n) is 6.22. The number of hydrogen-bond donors (Lipinski definition) is 0. The topological polar surface area (TPSA) is 45.9 Å². The number of nitrogens with zero attached hydrogens (tertiary/aromatic N) is 5. The summed E-state index contributed by atoms with van der Waals surface area (Å²) in [4.78, 5) is 9.35. The fourth-order valence-corrected chi connectivity index (χ4v) is 4.37. The molecular formula is C27H31N5O. The van der Waals surface area contributed by atoms with Crippen LogP contribution in [0.5, 0.6) is 5.75 Å². The molecule has 2 aromatic carbocycles. The maximum Gasteiger partial charge on any atom is 0.156 e. The highest BCUT2D eigenvalue weighted by molar-refractivity contribution is 5.67. The van der Waals surface area contributed by atoms with Crippen LogP contribution in [-0.4, -0.2) is 59.8 Å². The first-order valence-electron chi connectivity index (χ1n) is 11.7. The molecule has 6 heteroatoms. The van der Waals surface area contributed by atoms with E-state index in [-0.39, 0.29) is 0 Å². The molecular weight excluding hydrogens is 410 g/mol. The largest absolute Gasteiger partial charge is 0.492 e. The lowest BCUT2D eigenvalue weighted by Crippen LogP contribution is -2.25. The Labute approximate surface area is 195 Å². The molecule has 3 heterocycles. The van der Waals surface area contributed by atoms with E-state index in [4.69, 9.17) is 14.8 Å². The summed E-state index contributed by atoms with van der Waals surface area (Å²) in [6.07, 6.45) is 3.32. The van der Waals surface area contributed by atoms with Crippen molar-refractivity contribution in [1.82, 2.24) is 19.5 Å². The molecule has 0 amide bonds. The van der Waals surface area contributed by atoms with Gasteiger partial charge in [0.25, 0.3) is 0 Å². The van der Waals surface area contributed by atoms with Gasteiger partial charge in [-0.15, -0.1) is 0 Å². The number of aromatic nitrogens is 3. The minimum Gasteiger partial charge on any atom is -0.492 e. The molecule has 0 spiro atoms. The van der Waals surface area contributed by atoms with E-state index in [1.54, 1.807) is 0 Å². The van der Waals surface area contributed by atoms with Gasteiger partial charge in [-0.3, -0.25) is 4.90 Å². The Morgan fingerprint density at radius 2 is 1.73 bits per heavy atom. The molecule has 0 aliphatic carbocycles. The van der Waals surface area contributed by atoms with Crippen LogP contribution in [0.4, 0.5) is 5.69 Å². The summed E-state index contributed by atoms with van der Waals surface area (Å²) in [6.45, 7) is 4.16. The molecule has 5 rings (SSSR count). The van der Waals surface area contributed by atoms with Gasteiger partial charge in [-0.25, -0.2) is 9.50 Å². The lowest BCUT2D eigenvalue weighted by atomic mass is 10.1. The van der Waals surface area contributed by atoms with Gasteiger partial charge >= 0.3 is 0 Å². The van der Waals surface area contributed by atoms with E-state index >= 15 is 0 Å². The minimum absolute atomic E-state index is 0.687. The van der Waals surface area contributed by atoms with Gasteiger partial charge in [-0.05, 0) is 67.9 Å². The quantitative estimate of drug-likeness (QED) is 0.402. The van der Waals surface area contributed by atoms with Gasteiger partial charge in [0, 0.05) is 38.3 Å². The average molecular weight is 442 g/mol. The number of anilines is 1. The monoisotopic (exact) mass is 441 g/mol. The van der Waals surface area contributed by atoms with Crippen LogP contribution < -0.4 is 9.64 Å². The first-order valence-corrected chi connectivity index (χ1v) is 11.7. The van der Waals surface area contributed by atoms with Crippen molar-refractivity contribution < 1.29 is 4.74 Å². The summed E-state index contributed by atoms with van der Waals surface area (Å²) < 4.78 is 7.88. The molecule has 0 unspecified atom stereocenters. The van der Waals surface area contributed by atoms with Gasteiger partial charge in [-0.1, -0.05) is 30.3 Å². The minimum atomic E-state index is 0.687. The molecule has 0 bridgehead atoms. The Bertz CT molecular complexity index is 1210. The maximum absolute atomic E-state index is 5.93. The van der Waals surface area contributed by atoms with Gasteiger partial charge in [-0.2, -0.15) is 5.10 Å². The molecule has 2 aromatic heterocycles. The van der Waals surface area contributed by atoms with E-state index in [0.717, 1.165) is 47.3 Å². The van der Waals surface area contributed by atoms with Crippen LogP contribution in [0.25, 0.3) is 16.9 Å². The molecule has 1 aliphatic rings. The van der Waals surface area contributed by atoms with E-state index in [2.05, 4.69) is 66.4 Å². The summed E-state index contributed by atoms with van der Waals surface area (Å²) in [5.41, 5.74) is 5.36. The summed E-state index contributed by atoms with van der Waals surface area (Å²) in [7, 11) is 4.11. The third-order valence-corrected chi connectivity index (χ3v) is 6.22. The van der Waals surface area contributed by atoms with Gasteiger partial charge in [0.05, 0.1) is 5.69 Å². The zero-order chi connectivity index (χ0) is 22.6. The van der Waals surface area contributed by atoms with Crippen LogP contribution in [0.15, 0.2) is 66.7 Å². The van der Waals surface area contributed by atoms with E-state index in [1.807, 2.05) is 28.8 Å². The zero-order valence-electron chi connectivity index (χ0n) is 19.4. The predicted molar refractivity (Wildman–Crippen MR) is 133 cm³/mol. The van der Waals surface area contributed by atoms with Crippen molar-refractivity contribution in [3.8, 4) is 17.0 Å². The molecule has 0 radical (unpaired) electrons. The van der Waals surface area contributed by atoms with Gasteiger partial charge in [0.1, 0.15) is 12.4 Å². The summed E-state index contributed by atoms with van der Waals surface area (Å²) in [5, 5.41) is 4.83. The van der Waals surface area contributed by atoms with E-state index < -0.39 is 0 Å². The van der Waals surface area contributed by atoms with Gasteiger partial charge < -0.3 is 9.64 Å². The molecule has 170 valence electrons. The second-order valence-corrected chi connectivity index (χ2v) is 8.87. The van der Waals surface area contributed by atoms with Crippen molar-refractivity contribution in [2.75, 3.05) is 45.2 Å². The smallest absolute Gasteiger partial charge is 0.156 e. The number of benzene rings is 2. The number of hydrogen-bond acceptors (Lipinski definition) is 5. The Morgan fingerprint density at radius 3 is 2.52 bits per heavy atom. The maximum atomic E-state index is 5.93. The molecule has 1 saturated heterocycles. The summed E-state index contributed by atoms with van der Waals surface area (Å²) in [5.74, 6) is 1.73. The fourth-order valence-electron chi connectivity index (χ4n) is 4.37. The molecule has 0 atom stereocenters. The predicted octanol–water partition coefficient (Wildman–Crippen LogP) is 4.53. The van der Waals surface area contributed by atoms with Crippen molar-refractivity contribution in [1.29, 1.82) is 0 Å². The Balaban J connectivity index is 1.29. The lowest BCUT2D eigenvalue weighted by Gasteiger charge is -2.14. The Kier molecular flexibility index (Phi) is 6.26. The van der Waals surface area contributed by atoms with Crippen molar-refractivity contribution in [2.24, 2.45) is 0 Å². The summed E-state index contributed by atoms with van der Waals surface area (Å²) in [6, 6.07) is 22.9. The van der Waals surface area contributed by atoms with Gasteiger partial charge in [0.15, 0.2) is 11.5 Å². The van der Waals surface area contributed by atoms with Crippen LogP contribution >= 0.6 is 0 Å².